The first-order valence-corrected chi connectivity index (χ1v) is 7.84. The van der Waals surface area contributed by atoms with Gasteiger partial charge >= 0.3 is 5.69 Å². The number of hydrogen-bond acceptors (Lipinski definition) is 6. The molecule has 3 rings (SSSR count). The number of aromatic nitrogens is 1. The predicted octanol–water partition coefficient (Wildman–Crippen LogP) is 3.16. The summed E-state index contributed by atoms with van der Waals surface area (Å²) >= 11 is 1.44. The average Bonchev–Trinajstić information content (AvgIpc) is 2.79. The van der Waals surface area contributed by atoms with Crippen molar-refractivity contribution in [3.63, 3.8) is 0 Å². The van der Waals surface area contributed by atoms with E-state index in [4.69, 9.17) is 10.5 Å². The molecular formula is C14H17N3O3S. The van der Waals surface area contributed by atoms with E-state index in [1.54, 1.807) is 12.1 Å². The van der Waals surface area contributed by atoms with Gasteiger partial charge in [0.25, 0.3) is 0 Å². The van der Waals surface area contributed by atoms with Gasteiger partial charge in [-0.3, -0.25) is 10.1 Å². The number of nitro groups is 1. The van der Waals surface area contributed by atoms with Gasteiger partial charge in [-0.1, -0.05) is 6.42 Å². The van der Waals surface area contributed by atoms with E-state index in [0.717, 1.165) is 40.9 Å². The molecule has 0 spiro atoms. The first kappa shape index (κ1) is 14.2. The molecular weight excluding hydrogens is 290 g/mol. The molecule has 1 heterocycles. The second-order valence-corrected chi connectivity index (χ2v) is 6.62. The minimum atomic E-state index is -0.405. The summed E-state index contributed by atoms with van der Waals surface area (Å²) in [6.07, 6.45) is 3.72. The Morgan fingerprint density at radius 3 is 2.90 bits per heavy atom. The first-order valence-electron chi connectivity index (χ1n) is 7.02. The zero-order chi connectivity index (χ0) is 15.0. The summed E-state index contributed by atoms with van der Waals surface area (Å²) in [6.45, 7) is 1.88. The molecule has 2 unspecified atom stereocenters. The van der Waals surface area contributed by atoms with Crippen molar-refractivity contribution in [3.8, 4) is 5.75 Å². The molecule has 1 aromatic heterocycles. The van der Waals surface area contributed by atoms with Gasteiger partial charge in [-0.05, 0) is 26.2 Å². The molecule has 21 heavy (non-hydrogen) atoms. The van der Waals surface area contributed by atoms with Crippen molar-refractivity contribution in [1.29, 1.82) is 0 Å². The Balaban J connectivity index is 1.98. The maximum absolute atomic E-state index is 11.3. The highest BCUT2D eigenvalue weighted by Crippen LogP contribution is 2.36. The van der Waals surface area contributed by atoms with E-state index in [-0.39, 0.29) is 23.6 Å². The third-order valence-electron chi connectivity index (χ3n) is 3.80. The first-order chi connectivity index (χ1) is 10.0. The summed E-state index contributed by atoms with van der Waals surface area (Å²) in [7, 11) is 0. The van der Waals surface area contributed by atoms with Crippen LogP contribution in [0.2, 0.25) is 0 Å². The van der Waals surface area contributed by atoms with E-state index in [2.05, 4.69) is 4.98 Å². The Bertz CT molecular complexity index is 685. The van der Waals surface area contributed by atoms with E-state index < -0.39 is 4.92 Å². The lowest BCUT2D eigenvalue weighted by atomic mass is 9.93. The number of fused-ring (bicyclic) bond motifs is 1. The monoisotopic (exact) mass is 307 g/mol. The Labute approximate surface area is 126 Å². The van der Waals surface area contributed by atoms with Crippen LogP contribution >= 0.6 is 11.3 Å². The normalized spacial score (nSPS) is 22.4. The summed E-state index contributed by atoms with van der Waals surface area (Å²) in [6, 6.07) is 3.15. The van der Waals surface area contributed by atoms with Crippen LogP contribution in [-0.4, -0.2) is 22.1 Å². The molecule has 6 nitrogen and oxygen atoms in total. The van der Waals surface area contributed by atoms with E-state index in [1.807, 2.05) is 6.92 Å². The van der Waals surface area contributed by atoms with Gasteiger partial charge < -0.3 is 10.5 Å². The van der Waals surface area contributed by atoms with Crippen molar-refractivity contribution in [2.45, 2.75) is 44.8 Å². The minimum absolute atomic E-state index is 0.0103. The number of nitrogens with two attached hydrogens (primary N) is 1. The molecule has 2 atom stereocenters. The number of aryl methyl sites for hydroxylation is 1. The molecule has 0 radical (unpaired) electrons. The molecule has 0 aliphatic heterocycles. The molecule has 1 aliphatic carbocycles. The van der Waals surface area contributed by atoms with Gasteiger partial charge in [-0.15, -0.1) is 11.3 Å². The summed E-state index contributed by atoms with van der Waals surface area (Å²) < 4.78 is 6.68. The number of hydrogen-bond donors (Lipinski definition) is 1. The Morgan fingerprint density at radius 2 is 2.19 bits per heavy atom. The van der Waals surface area contributed by atoms with Crippen LogP contribution in [-0.2, 0) is 0 Å². The highest BCUT2D eigenvalue weighted by molar-refractivity contribution is 7.18. The van der Waals surface area contributed by atoms with Crippen LogP contribution in [0.3, 0.4) is 0 Å². The molecule has 1 fully saturated rings. The molecule has 0 amide bonds. The van der Waals surface area contributed by atoms with Crippen molar-refractivity contribution in [3.05, 3.63) is 27.3 Å². The summed E-state index contributed by atoms with van der Waals surface area (Å²) in [4.78, 5) is 15.2. The Kier molecular flexibility index (Phi) is 3.77. The van der Waals surface area contributed by atoms with Crippen molar-refractivity contribution >= 4 is 27.2 Å². The zero-order valence-electron chi connectivity index (χ0n) is 11.7. The quantitative estimate of drug-likeness (QED) is 0.694. The van der Waals surface area contributed by atoms with E-state index >= 15 is 0 Å². The smallest absolute Gasteiger partial charge is 0.312 e. The lowest BCUT2D eigenvalue weighted by Crippen LogP contribution is -2.41. The summed E-state index contributed by atoms with van der Waals surface area (Å²) in [5, 5.41) is 12.2. The minimum Gasteiger partial charge on any atom is -0.482 e. The molecule has 1 aromatic carbocycles. The van der Waals surface area contributed by atoms with Crippen molar-refractivity contribution in [1.82, 2.24) is 4.98 Å². The third kappa shape index (κ3) is 2.84. The van der Waals surface area contributed by atoms with Gasteiger partial charge in [0.2, 0.25) is 0 Å². The number of benzene rings is 1. The van der Waals surface area contributed by atoms with Gasteiger partial charge in [0.15, 0.2) is 5.75 Å². The predicted molar refractivity (Wildman–Crippen MR) is 81.9 cm³/mol. The third-order valence-corrected chi connectivity index (χ3v) is 4.74. The van der Waals surface area contributed by atoms with Crippen molar-refractivity contribution in [2.24, 2.45) is 5.73 Å². The van der Waals surface area contributed by atoms with Crippen LogP contribution in [0.4, 0.5) is 5.69 Å². The van der Waals surface area contributed by atoms with E-state index in [0.29, 0.717) is 0 Å². The fraction of sp³-hybridized carbons (Fsp3) is 0.500. The SMILES string of the molecule is Cc1nc2cc(OC3CCCCC3N)c([N+](=O)[O-])cc2s1. The van der Waals surface area contributed by atoms with Crippen LogP contribution in [0.15, 0.2) is 12.1 Å². The largest absolute Gasteiger partial charge is 0.482 e. The molecule has 0 saturated heterocycles. The van der Waals surface area contributed by atoms with Crippen LogP contribution in [0.1, 0.15) is 30.7 Å². The van der Waals surface area contributed by atoms with Crippen molar-refractivity contribution in [2.75, 3.05) is 0 Å². The lowest BCUT2D eigenvalue weighted by molar-refractivity contribution is -0.386. The highest BCUT2D eigenvalue weighted by Gasteiger charge is 2.27. The molecule has 2 aromatic rings. The van der Waals surface area contributed by atoms with Crippen molar-refractivity contribution < 1.29 is 9.66 Å². The molecule has 1 aliphatic rings. The number of nitrogens with zero attached hydrogens (tertiary/aromatic N) is 2. The summed E-state index contributed by atoms with van der Waals surface area (Å²) in [5.74, 6) is 0.278. The van der Waals surface area contributed by atoms with Gasteiger partial charge in [0.05, 0.1) is 20.1 Å². The zero-order valence-corrected chi connectivity index (χ0v) is 12.6. The second-order valence-electron chi connectivity index (χ2n) is 5.38. The second kappa shape index (κ2) is 5.57. The molecule has 112 valence electrons. The van der Waals surface area contributed by atoms with Gasteiger partial charge in [0, 0.05) is 18.2 Å². The Morgan fingerprint density at radius 1 is 1.43 bits per heavy atom. The molecule has 7 heteroatoms. The van der Waals surface area contributed by atoms with Crippen LogP contribution in [0.5, 0.6) is 5.75 Å². The van der Waals surface area contributed by atoms with Gasteiger partial charge in [-0.25, -0.2) is 4.98 Å². The lowest BCUT2D eigenvalue weighted by Gasteiger charge is -2.28. The molecule has 2 N–H and O–H groups in total. The fourth-order valence-corrected chi connectivity index (χ4v) is 3.57. The molecule has 0 bridgehead atoms. The average molecular weight is 307 g/mol. The maximum Gasteiger partial charge on any atom is 0.312 e. The maximum atomic E-state index is 11.3. The van der Waals surface area contributed by atoms with Crippen LogP contribution < -0.4 is 10.5 Å². The van der Waals surface area contributed by atoms with Gasteiger partial charge in [0.1, 0.15) is 6.10 Å². The van der Waals surface area contributed by atoms with E-state index in [9.17, 15) is 10.1 Å². The fourth-order valence-electron chi connectivity index (χ4n) is 2.73. The number of ether oxygens (including phenoxy) is 1. The number of thiazole rings is 1. The Hall–Kier alpha value is -1.73. The van der Waals surface area contributed by atoms with E-state index in [1.165, 1.54) is 11.3 Å². The van der Waals surface area contributed by atoms with Crippen LogP contribution in [0.25, 0.3) is 10.2 Å². The molecule has 1 saturated carbocycles. The van der Waals surface area contributed by atoms with Gasteiger partial charge in [-0.2, -0.15) is 0 Å². The highest BCUT2D eigenvalue weighted by atomic mass is 32.1. The number of nitro benzene ring substituents is 1. The number of rotatable bonds is 3. The summed E-state index contributed by atoms with van der Waals surface area (Å²) in [5.41, 5.74) is 6.79. The van der Waals surface area contributed by atoms with Crippen LogP contribution in [0, 0.1) is 17.0 Å². The standard InChI is InChI=1S/C14H17N3O3S/c1-8-16-10-6-13(11(17(18)19)7-14(10)21-8)20-12-5-3-2-4-9(12)15/h6-7,9,12H,2-5,15H2,1H3. The topological polar surface area (TPSA) is 91.3 Å².